The predicted molar refractivity (Wildman–Crippen MR) is 98.5 cm³/mol. The van der Waals surface area contributed by atoms with Gasteiger partial charge in [-0.3, -0.25) is 4.79 Å². The third kappa shape index (κ3) is 4.03. The van der Waals surface area contributed by atoms with Crippen LogP contribution in [0.25, 0.3) is 11.5 Å². The maximum atomic E-state index is 13.1. The average Bonchev–Trinajstić information content (AvgIpc) is 3.18. The van der Waals surface area contributed by atoms with Crippen LogP contribution in [0.5, 0.6) is 0 Å². The van der Waals surface area contributed by atoms with Crippen molar-refractivity contribution in [3.63, 3.8) is 0 Å². The number of hydrogen-bond acceptors (Lipinski definition) is 5. The number of nitrogens with zero attached hydrogens (tertiary/aromatic N) is 4. The van der Waals surface area contributed by atoms with Crippen molar-refractivity contribution in [2.24, 2.45) is 5.92 Å². The third-order valence-corrected chi connectivity index (χ3v) is 5.66. The highest BCUT2D eigenvalue weighted by Crippen LogP contribution is 2.30. The molecule has 1 unspecified atom stereocenters. The molecule has 6 nitrogen and oxygen atoms in total. The second-order valence-corrected chi connectivity index (χ2v) is 7.65. The van der Waals surface area contributed by atoms with Crippen molar-refractivity contribution in [1.29, 1.82) is 0 Å². The number of carbonyl (C=O) groups excluding carboxylic acids is 1. The van der Waals surface area contributed by atoms with Gasteiger partial charge in [-0.05, 0) is 63.5 Å². The SMILES string of the molecule is CN1CCCC(C(=O)N2CCC(c3nnc(-c4ccc(F)cc4)o3)CC2)C1. The zero-order chi connectivity index (χ0) is 18.8. The molecule has 0 bridgehead atoms. The average molecular weight is 372 g/mol. The molecule has 2 aliphatic heterocycles. The Hall–Kier alpha value is -2.28. The Kier molecular flexibility index (Phi) is 5.20. The van der Waals surface area contributed by atoms with Crippen molar-refractivity contribution < 1.29 is 13.6 Å². The molecule has 144 valence electrons. The predicted octanol–water partition coefficient (Wildman–Crippen LogP) is 2.92. The van der Waals surface area contributed by atoms with E-state index >= 15 is 0 Å². The first kappa shape index (κ1) is 18.1. The third-order valence-electron chi connectivity index (χ3n) is 5.66. The van der Waals surface area contributed by atoms with E-state index in [1.807, 2.05) is 4.90 Å². The summed E-state index contributed by atoms with van der Waals surface area (Å²) in [7, 11) is 2.08. The van der Waals surface area contributed by atoms with Crippen molar-refractivity contribution in [1.82, 2.24) is 20.0 Å². The van der Waals surface area contributed by atoms with Crippen LogP contribution in [-0.2, 0) is 4.79 Å². The molecule has 2 aliphatic rings. The highest BCUT2D eigenvalue weighted by Gasteiger charge is 2.32. The van der Waals surface area contributed by atoms with Crippen LogP contribution in [0, 0.1) is 11.7 Å². The minimum absolute atomic E-state index is 0.133. The quantitative estimate of drug-likeness (QED) is 0.829. The second kappa shape index (κ2) is 7.76. The summed E-state index contributed by atoms with van der Waals surface area (Å²) in [5.74, 6) is 1.32. The molecule has 2 fully saturated rings. The molecule has 1 aromatic carbocycles. The Balaban J connectivity index is 1.35. The summed E-state index contributed by atoms with van der Waals surface area (Å²) < 4.78 is 18.9. The fourth-order valence-corrected chi connectivity index (χ4v) is 4.08. The summed E-state index contributed by atoms with van der Waals surface area (Å²) in [5.41, 5.74) is 0.712. The molecule has 2 saturated heterocycles. The summed E-state index contributed by atoms with van der Waals surface area (Å²) >= 11 is 0. The lowest BCUT2D eigenvalue weighted by Crippen LogP contribution is -2.46. The molecule has 27 heavy (non-hydrogen) atoms. The fourth-order valence-electron chi connectivity index (χ4n) is 4.08. The van der Waals surface area contributed by atoms with Gasteiger partial charge in [0.25, 0.3) is 0 Å². The van der Waals surface area contributed by atoms with Gasteiger partial charge in [-0.2, -0.15) is 0 Å². The number of hydrogen-bond donors (Lipinski definition) is 0. The smallest absolute Gasteiger partial charge is 0.247 e. The zero-order valence-electron chi connectivity index (χ0n) is 15.6. The van der Waals surface area contributed by atoms with Gasteiger partial charge in [0, 0.05) is 31.1 Å². The van der Waals surface area contributed by atoms with Gasteiger partial charge in [-0.25, -0.2) is 4.39 Å². The van der Waals surface area contributed by atoms with Crippen LogP contribution >= 0.6 is 0 Å². The van der Waals surface area contributed by atoms with E-state index in [1.54, 1.807) is 12.1 Å². The molecule has 0 aliphatic carbocycles. The molecule has 3 heterocycles. The van der Waals surface area contributed by atoms with Gasteiger partial charge in [-0.1, -0.05) is 0 Å². The monoisotopic (exact) mass is 372 g/mol. The highest BCUT2D eigenvalue weighted by molar-refractivity contribution is 5.79. The van der Waals surface area contributed by atoms with Crippen LogP contribution in [0.1, 0.15) is 37.5 Å². The number of halogens is 1. The summed E-state index contributed by atoms with van der Waals surface area (Å²) in [4.78, 5) is 17.0. The van der Waals surface area contributed by atoms with Gasteiger partial charge in [-0.15, -0.1) is 10.2 Å². The van der Waals surface area contributed by atoms with E-state index in [-0.39, 0.29) is 23.6 Å². The van der Waals surface area contributed by atoms with E-state index < -0.39 is 0 Å². The van der Waals surface area contributed by atoms with Gasteiger partial charge >= 0.3 is 0 Å². The Bertz CT molecular complexity index is 784. The summed E-state index contributed by atoms with van der Waals surface area (Å²) in [6, 6.07) is 6.03. The molecule has 2 aromatic rings. The van der Waals surface area contributed by atoms with Gasteiger partial charge < -0.3 is 14.2 Å². The molecule has 1 amide bonds. The van der Waals surface area contributed by atoms with Crippen molar-refractivity contribution in [2.45, 2.75) is 31.6 Å². The summed E-state index contributed by atoms with van der Waals surface area (Å²) in [6.45, 7) is 3.42. The van der Waals surface area contributed by atoms with Gasteiger partial charge in [0.2, 0.25) is 17.7 Å². The largest absolute Gasteiger partial charge is 0.420 e. The number of benzene rings is 1. The Labute approximate surface area is 158 Å². The summed E-state index contributed by atoms with van der Waals surface area (Å²) in [5, 5.41) is 8.29. The van der Waals surface area contributed by atoms with E-state index in [2.05, 4.69) is 22.1 Å². The van der Waals surface area contributed by atoms with Crippen LogP contribution < -0.4 is 0 Å². The van der Waals surface area contributed by atoms with E-state index in [4.69, 9.17) is 4.42 Å². The van der Waals surface area contributed by atoms with E-state index in [9.17, 15) is 9.18 Å². The summed E-state index contributed by atoms with van der Waals surface area (Å²) in [6.07, 6.45) is 3.75. The van der Waals surface area contributed by atoms with Crippen LogP contribution in [0.15, 0.2) is 28.7 Å². The molecular formula is C20H25FN4O2. The van der Waals surface area contributed by atoms with Crippen LogP contribution in [-0.4, -0.2) is 59.1 Å². The maximum absolute atomic E-state index is 13.1. The second-order valence-electron chi connectivity index (χ2n) is 7.65. The van der Waals surface area contributed by atoms with Gasteiger partial charge in [0.15, 0.2) is 0 Å². The number of likely N-dealkylation sites (tertiary alicyclic amines) is 2. The molecule has 4 rings (SSSR count). The molecular weight excluding hydrogens is 347 g/mol. The van der Waals surface area contributed by atoms with Crippen molar-refractivity contribution >= 4 is 5.91 Å². The van der Waals surface area contributed by atoms with Gasteiger partial charge in [0.1, 0.15) is 5.82 Å². The van der Waals surface area contributed by atoms with Crippen molar-refractivity contribution in [2.75, 3.05) is 33.2 Å². The van der Waals surface area contributed by atoms with E-state index in [1.165, 1.54) is 12.1 Å². The fraction of sp³-hybridized carbons (Fsp3) is 0.550. The molecule has 0 radical (unpaired) electrons. The lowest BCUT2D eigenvalue weighted by atomic mass is 9.93. The topological polar surface area (TPSA) is 62.5 Å². The van der Waals surface area contributed by atoms with Crippen LogP contribution in [0.2, 0.25) is 0 Å². The molecule has 0 N–H and O–H groups in total. The zero-order valence-corrected chi connectivity index (χ0v) is 15.6. The molecule has 7 heteroatoms. The number of rotatable bonds is 3. The first-order valence-corrected chi connectivity index (χ1v) is 9.67. The van der Waals surface area contributed by atoms with Crippen LogP contribution in [0.4, 0.5) is 4.39 Å². The highest BCUT2D eigenvalue weighted by atomic mass is 19.1. The number of amides is 1. The minimum atomic E-state index is -0.292. The van der Waals surface area contributed by atoms with Crippen molar-refractivity contribution in [3.8, 4) is 11.5 Å². The minimum Gasteiger partial charge on any atom is -0.420 e. The number of carbonyl (C=O) groups is 1. The molecule has 0 saturated carbocycles. The normalized spacial score (nSPS) is 22.1. The number of aromatic nitrogens is 2. The molecule has 0 spiro atoms. The van der Waals surface area contributed by atoms with E-state index in [0.717, 1.165) is 51.9 Å². The Morgan fingerprint density at radius 1 is 1.11 bits per heavy atom. The first-order valence-electron chi connectivity index (χ1n) is 9.67. The lowest BCUT2D eigenvalue weighted by Gasteiger charge is -2.36. The van der Waals surface area contributed by atoms with Gasteiger partial charge in [0.05, 0.1) is 5.92 Å². The Morgan fingerprint density at radius 3 is 2.56 bits per heavy atom. The molecule has 1 aromatic heterocycles. The van der Waals surface area contributed by atoms with Crippen LogP contribution in [0.3, 0.4) is 0 Å². The van der Waals surface area contributed by atoms with E-state index in [0.29, 0.717) is 17.3 Å². The number of piperidine rings is 2. The standard InChI is InChI=1S/C20H25FN4O2/c1-24-10-2-3-16(13-24)20(26)25-11-8-15(9-12-25)19-23-22-18(27-19)14-4-6-17(21)7-5-14/h4-7,15-16H,2-3,8-13H2,1H3. The lowest BCUT2D eigenvalue weighted by molar-refractivity contribution is -0.138. The maximum Gasteiger partial charge on any atom is 0.247 e. The van der Waals surface area contributed by atoms with Crippen molar-refractivity contribution in [3.05, 3.63) is 36.0 Å². The Morgan fingerprint density at radius 2 is 1.85 bits per heavy atom. The first-order chi connectivity index (χ1) is 13.1. The molecule has 1 atom stereocenters.